The molecule has 0 aliphatic carbocycles. The predicted molar refractivity (Wildman–Crippen MR) is 127 cm³/mol. The number of fused-ring (bicyclic) bond motifs is 1. The minimum absolute atomic E-state index is 0.0210. The topological polar surface area (TPSA) is 87.8 Å². The Bertz CT molecular complexity index is 1110. The lowest BCUT2D eigenvalue weighted by Crippen LogP contribution is -2.51. The minimum Gasteiger partial charge on any atom is -0.382 e. The maximum atomic E-state index is 12.9. The van der Waals surface area contributed by atoms with Crippen LogP contribution in [0.25, 0.3) is 23.1 Å². The zero-order valence-corrected chi connectivity index (χ0v) is 18.7. The van der Waals surface area contributed by atoms with Gasteiger partial charge in [-0.2, -0.15) is 5.10 Å². The molecule has 4 rings (SSSR count). The first-order chi connectivity index (χ1) is 16.2. The van der Waals surface area contributed by atoms with E-state index in [1.54, 1.807) is 16.9 Å². The van der Waals surface area contributed by atoms with Gasteiger partial charge in [-0.05, 0) is 29.8 Å². The van der Waals surface area contributed by atoms with E-state index in [2.05, 4.69) is 10.2 Å². The van der Waals surface area contributed by atoms with E-state index in [0.717, 1.165) is 22.2 Å². The van der Waals surface area contributed by atoms with Crippen molar-refractivity contribution < 1.29 is 19.1 Å². The number of nitrogens with one attached hydrogen (secondary N) is 1. The number of ether oxygens (including phenoxy) is 2. The molecule has 0 bridgehead atoms. The van der Waals surface area contributed by atoms with Crippen LogP contribution in [0.4, 0.5) is 0 Å². The lowest BCUT2D eigenvalue weighted by molar-refractivity contribution is -0.138. The molecular weight excluding hydrogens is 420 g/mol. The van der Waals surface area contributed by atoms with Crippen LogP contribution < -0.4 is 0 Å². The summed E-state index contributed by atoms with van der Waals surface area (Å²) in [7, 11) is 1.59. The van der Waals surface area contributed by atoms with E-state index >= 15 is 0 Å². The van der Waals surface area contributed by atoms with Gasteiger partial charge in [0.05, 0.1) is 24.4 Å². The number of aromatic amines is 1. The number of hydrogen-bond acceptors (Lipinski definition) is 5. The van der Waals surface area contributed by atoms with Gasteiger partial charge in [0.25, 0.3) is 5.91 Å². The molecule has 0 radical (unpaired) electrons. The van der Waals surface area contributed by atoms with Gasteiger partial charge in [0.1, 0.15) is 6.61 Å². The molecular formula is C25H28N4O4. The molecule has 2 heterocycles. The molecule has 8 heteroatoms. The summed E-state index contributed by atoms with van der Waals surface area (Å²) in [4.78, 5) is 28.6. The van der Waals surface area contributed by atoms with Crippen molar-refractivity contribution in [2.45, 2.75) is 0 Å². The zero-order chi connectivity index (χ0) is 23.0. The summed E-state index contributed by atoms with van der Waals surface area (Å²) in [5.41, 5.74) is 3.50. The Kier molecular flexibility index (Phi) is 7.49. The summed E-state index contributed by atoms with van der Waals surface area (Å²) in [5, 5.41) is 8.44. The molecule has 8 nitrogen and oxygen atoms in total. The molecule has 1 aliphatic rings. The van der Waals surface area contributed by atoms with Crippen molar-refractivity contribution in [2.75, 3.05) is 53.1 Å². The maximum Gasteiger partial charge on any atom is 0.253 e. The first-order valence-corrected chi connectivity index (χ1v) is 11.0. The number of rotatable bonds is 8. The quantitative estimate of drug-likeness (QED) is 0.536. The third-order valence-electron chi connectivity index (χ3n) is 5.67. The summed E-state index contributed by atoms with van der Waals surface area (Å²) in [6.07, 6.45) is 3.95. The third-order valence-corrected chi connectivity index (χ3v) is 5.67. The lowest BCUT2D eigenvalue weighted by atomic mass is 10.1. The second-order valence-electron chi connectivity index (χ2n) is 7.83. The van der Waals surface area contributed by atoms with Gasteiger partial charge >= 0.3 is 0 Å². The minimum atomic E-state index is -0.0565. The molecule has 1 saturated heterocycles. The van der Waals surface area contributed by atoms with Crippen LogP contribution in [0, 0.1) is 0 Å². The van der Waals surface area contributed by atoms with Crippen molar-refractivity contribution in [1.29, 1.82) is 0 Å². The number of methoxy groups -OCH3 is 1. The van der Waals surface area contributed by atoms with E-state index in [-0.39, 0.29) is 18.4 Å². The molecule has 1 aliphatic heterocycles. The molecule has 1 aromatic heterocycles. The van der Waals surface area contributed by atoms with Crippen LogP contribution in [-0.2, 0) is 14.3 Å². The van der Waals surface area contributed by atoms with Crippen molar-refractivity contribution in [1.82, 2.24) is 20.0 Å². The fourth-order valence-corrected chi connectivity index (χ4v) is 3.76. The first kappa shape index (κ1) is 22.7. The Labute approximate surface area is 192 Å². The molecule has 0 spiro atoms. The molecule has 172 valence electrons. The van der Waals surface area contributed by atoms with E-state index in [4.69, 9.17) is 9.47 Å². The molecule has 33 heavy (non-hydrogen) atoms. The zero-order valence-electron chi connectivity index (χ0n) is 18.7. The van der Waals surface area contributed by atoms with Crippen LogP contribution in [0.15, 0.2) is 48.5 Å². The number of aromatic nitrogens is 2. The Hall–Kier alpha value is -3.49. The number of H-pyrrole nitrogens is 1. The molecule has 1 N–H and O–H groups in total. The highest BCUT2D eigenvalue weighted by atomic mass is 16.5. The van der Waals surface area contributed by atoms with Gasteiger partial charge in [0.2, 0.25) is 5.91 Å². The van der Waals surface area contributed by atoms with E-state index < -0.39 is 0 Å². The van der Waals surface area contributed by atoms with Crippen molar-refractivity contribution in [3.8, 4) is 0 Å². The van der Waals surface area contributed by atoms with Crippen molar-refractivity contribution in [3.63, 3.8) is 0 Å². The number of benzene rings is 2. The summed E-state index contributed by atoms with van der Waals surface area (Å²) < 4.78 is 10.2. The van der Waals surface area contributed by atoms with E-state index in [1.165, 1.54) is 0 Å². The fraction of sp³-hybridized carbons (Fsp3) is 0.320. The summed E-state index contributed by atoms with van der Waals surface area (Å²) in [6, 6.07) is 15.5. The van der Waals surface area contributed by atoms with Crippen LogP contribution in [0.3, 0.4) is 0 Å². The van der Waals surface area contributed by atoms with Gasteiger partial charge in [-0.1, -0.05) is 36.4 Å². The monoisotopic (exact) mass is 448 g/mol. The Balaban J connectivity index is 1.29. The number of carbonyl (C=O) groups is 2. The van der Waals surface area contributed by atoms with E-state index in [9.17, 15) is 9.59 Å². The Morgan fingerprint density at radius 2 is 1.70 bits per heavy atom. The Morgan fingerprint density at radius 1 is 0.970 bits per heavy atom. The summed E-state index contributed by atoms with van der Waals surface area (Å²) >= 11 is 0. The van der Waals surface area contributed by atoms with Crippen molar-refractivity contribution >= 4 is 34.9 Å². The number of hydrogen-bond donors (Lipinski definition) is 1. The van der Waals surface area contributed by atoms with E-state index in [0.29, 0.717) is 45.0 Å². The normalized spacial score (nSPS) is 14.3. The van der Waals surface area contributed by atoms with Crippen LogP contribution >= 0.6 is 0 Å². The standard InChI is InChI=1S/C25H28N4O4/c1-32-16-17-33-18-24(30)28-12-14-29(15-13-28)25(31)20-9-6-19(7-10-20)8-11-23-21-4-2-3-5-22(21)26-27-23/h2-11H,12-18H2,1H3,(H,26,27)/b11-8+. The van der Waals surface area contributed by atoms with Crippen LogP contribution in [0.2, 0.25) is 0 Å². The molecule has 3 aromatic rings. The second-order valence-corrected chi connectivity index (χ2v) is 7.83. The van der Waals surface area contributed by atoms with Crippen LogP contribution in [0.5, 0.6) is 0 Å². The first-order valence-electron chi connectivity index (χ1n) is 11.0. The van der Waals surface area contributed by atoms with Gasteiger partial charge in [-0.15, -0.1) is 0 Å². The van der Waals surface area contributed by atoms with Gasteiger partial charge in [-0.25, -0.2) is 0 Å². The average molecular weight is 449 g/mol. The van der Waals surface area contributed by atoms with Gasteiger partial charge in [-0.3, -0.25) is 14.7 Å². The van der Waals surface area contributed by atoms with Crippen LogP contribution in [0.1, 0.15) is 21.6 Å². The number of nitrogens with zero attached hydrogens (tertiary/aromatic N) is 3. The molecule has 2 aromatic carbocycles. The third kappa shape index (κ3) is 5.66. The summed E-state index contributed by atoms with van der Waals surface area (Å²) in [6.45, 7) is 2.94. The molecule has 2 amide bonds. The lowest BCUT2D eigenvalue weighted by Gasteiger charge is -2.34. The van der Waals surface area contributed by atoms with Crippen molar-refractivity contribution in [3.05, 3.63) is 65.4 Å². The average Bonchev–Trinajstić information content (AvgIpc) is 3.28. The predicted octanol–water partition coefficient (Wildman–Crippen LogP) is 2.68. The number of para-hydroxylation sites is 1. The molecule has 0 saturated carbocycles. The Morgan fingerprint density at radius 3 is 2.45 bits per heavy atom. The van der Waals surface area contributed by atoms with Gasteiger partial charge in [0.15, 0.2) is 0 Å². The number of piperazine rings is 1. The second kappa shape index (κ2) is 10.9. The largest absolute Gasteiger partial charge is 0.382 e. The SMILES string of the molecule is COCCOCC(=O)N1CCN(C(=O)c2ccc(/C=C/c3n[nH]c4ccccc34)cc2)CC1. The van der Waals surface area contributed by atoms with Gasteiger partial charge in [0, 0.05) is 44.2 Å². The highest BCUT2D eigenvalue weighted by molar-refractivity contribution is 5.95. The van der Waals surface area contributed by atoms with Crippen LogP contribution in [-0.4, -0.2) is 84.9 Å². The highest BCUT2D eigenvalue weighted by Crippen LogP contribution is 2.18. The number of amides is 2. The molecule has 0 unspecified atom stereocenters. The number of carbonyl (C=O) groups excluding carboxylic acids is 2. The fourth-order valence-electron chi connectivity index (χ4n) is 3.76. The smallest absolute Gasteiger partial charge is 0.253 e. The van der Waals surface area contributed by atoms with Crippen molar-refractivity contribution in [2.24, 2.45) is 0 Å². The van der Waals surface area contributed by atoms with E-state index in [1.807, 2.05) is 60.7 Å². The molecule has 1 fully saturated rings. The summed E-state index contributed by atoms with van der Waals surface area (Å²) in [5.74, 6) is -0.0775. The van der Waals surface area contributed by atoms with Gasteiger partial charge < -0.3 is 19.3 Å². The molecule has 0 atom stereocenters. The maximum absolute atomic E-state index is 12.9. The highest BCUT2D eigenvalue weighted by Gasteiger charge is 2.24.